The van der Waals surface area contributed by atoms with Crippen LogP contribution in [0.4, 0.5) is 10.5 Å². The molecule has 4 rings (SSSR count). The van der Waals surface area contributed by atoms with Crippen LogP contribution >= 0.6 is 39.1 Å². The highest BCUT2D eigenvalue weighted by molar-refractivity contribution is 9.10. The highest BCUT2D eigenvalue weighted by Gasteiger charge is 2.37. The summed E-state index contributed by atoms with van der Waals surface area (Å²) in [5.41, 5.74) is 1.30. The number of hydrogen-bond donors (Lipinski definition) is 1. The van der Waals surface area contributed by atoms with E-state index in [1.807, 2.05) is 13.8 Å². The minimum absolute atomic E-state index is 0.196. The van der Waals surface area contributed by atoms with E-state index in [1.165, 1.54) is 6.08 Å². The van der Waals surface area contributed by atoms with Gasteiger partial charge in [-0.1, -0.05) is 29.3 Å². The average molecular weight is 634 g/mol. The number of ether oxygens (including phenoxy) is 3. The summed E-state index contributed by atoms with van der Waals surface area (Å²) in [5, 5.41) is 3.22. The molecule has 202 valence electrons. The fourth-order valence-corrected chi connectivity index (χ4v) is 4.81. The number of rotatable bonds is 9. The molecule has 0 spiro atoms. The van der Waals surface area contributed by atoms with Gasteiger partial charge in [-0.05, 0) is 89.9 Å². The zero-order valence-corrected chi connectivity index (χ0v) is 24.0. The van der Waals surface area contributed by atoms with Gasteiger partial charge in [-0.25, -0.2) is 9.69 Å². The Morgan fingerprint density at radius 3 is 2.31 bits per heavy atom. The molecular formula is C28H23BrCl2N2O6. The van der Waals surface area contributed by atoms with Crippen molar-refractivity contribution in [3.8, 4) is 17.2 Å². The first-order valence-corrected chi connectivity index (χ1v) is 13.4. The molecule has 0 saturated carbocycles. The Balaban J connectivity index is 1.57. The van der Waals surface area contributed by atoms with Gasteiger partial charge in [0.2, 0.25) is 0 Å². The first kappa shape index (κ1) is 28.5. The Morgan fingerprint density at radius 2 is 1.64 bits per heavy atom. The maximum Gasteiger partial charge on any atom is 0.335 e. The third-order valence-corrected chi connectivity index (χ3v) is 6.71. The van der Waals surface area contributed by atoms with Gasteiger partial charge in [0, 0.05) is 15.6 Å². The van der Waals surface area contributed by atoms with Crippen LogP contribution in [0.15, 0.2) is 64.6 Å². The molecular weight excluding hydrogens is 611 g/mol. The van der Waals surface area contributed by atoms with Crippen molar-refractivity contribution in [3.05, 3.63) is 85.8 Å². The van der Waals surface area contributed by atoms with Crippen molar-refractivity contribution in [1.29, 1.82) is 0 Å². The van der Waals surface area contributed by atoms with Gasteiger partial charge in [0.25, 0.3) is 11.8 Å². The first-order valence-electron chi connectivity index (χ1n) is 11.9. The number of nitrogens with zero attached hydrogens (tertiary/aromatic N) is 1. The molecule has 1 N–H and O–H groups in total. The minimum Gasteiger partial charge on any atom is -0.490 e. The molecule has 1 fully saturated rings. The predicted octanol–water partition coefficient (Wildman–Crippen LogP) is 6.80. The largest absolute Gasteiger partial charge is 0.490 e. The number of nitrogens with one attached hydrogen (secondary N) is 1. The molecule has 0 unspecified atom stereocenters. The minimum atomic E-state index is -0.855. The summed E-state index contributed by atoms with van der Waals surface area (Å²) >= 11 is 15.6. The number of carbonyl (C=O) groups is 3. The van der Waals surface area contributed by atoms with E-state index in [4.69, 9.17) is 37.4 Å². The average Bonchev–Trinajstić information content (AvgIpc) is 2.89. The maximum absolute atomic E-state index is 13.3. The zero-order valence-electron chi connectivity index (χ0n) is 20.9. The number of urea groups is 1. The highest BCUT2D eigenvalue weighted by Crippen LogP contribution is 2.38. The molecule has 1 heterocycles. The number of hydrogen-bond acceptors (Lipinski definition) is 6. The van der Waals surface area contributed by atoms with E-state index in [9.17, 15) is 14.4 Å². The van der Waals surface area contributed by atoms with Gasteiger partial charge in [-0.15, -0.1) is 0 Å². The molecule has 1 aliphatic rings. The summed E-state index contributed by atoms with van der Waals surface area (Å²) < 4.78 is 17.7. The molecule has 0 atom stereocenters. The Hall–Kier alpha value is -3.53. The molecule has 1 saturated heterocycles. The second-order valence-electron chi connectivity index (χ2n) is 8.17. The number of amides is 4. The number of halogens is 3. The van der Waals surface area contributed by atoms with E-state index in [0.29, 0.717) is 50.5 Å². The Morgan fingerprint density at radius 1 is 0.923 bits per heavy atom. The van der Waals surface area contributed by atoms with Crippen LogP contribution in [0.1, 0.15) is 25.0 Å². The van der Waals surface area contributed by atoms with Crippen LogP contribution < -0.4 is 24.4 Å². The smallest absolute Gasteiger partial charge is 0.335 e. The van der Waals surface area contributed by atoms with Gasteiger partial charge >= 0.3 is 6.03 Å². The van der Waals surface area contributed by atoms with Crippen molar-refractivity contribution in [2.24, 2.45) is 0 Å². The topological polar surface area (TPSA) is 94.2 Å². The third kappa shape index (κ3) is 6.55. The highest BCUT2D eigenvalue weighted by atomic mass is 79.9. The second-order valence-corrected chi connectivity index (χ2v) is 9.87. The lowest BCUT2D eigenvalue weighted by Crippen LogP contribution is -2.54. The molecule has 11 heteroatoms. The zero-order chi connectivity index (χ0) is 28.1. The van der Waals surface area contributed by atoms with Gasteiger partial charge in [0.05, 0.1) is 23.4 Å². The third-order valence-electron chi connectivity index (χ3n) is 5.54. The van der Waals surface area contributed by atoms with E-state index in [1.54, 1.807) is 54.6 Å². The van der Waals surface area contributed by atoms with E-state index in [2.05, 4.69) is 21.2 Å². The summed E-state index contributed by atoms with van der Waals surface area (Å²) in [4.78, 5) is 39.5. The Kier molecular flexibility index (Phi) is 9.16. The SMILES string of the molecule is CCOc1cc(/C=C2\C(=O)NC(=O)N(c3ccc(OCc4ccc(Cl)cc4Cl)cc3)C2=O)cc(Br)c1OCC. The van der Waals surface area contributed by atoms with Crippen LogP contribution in [0.3, 0.4) is 0 Å². The second kappa shape index (κ2) is 12.5. The van der Waals surface area contributed by atoms with Gasteiger partial charge in [0.15, 0.2) is 11.5 Å². The van der Waals surface area contributed by atoms with Crippen LogP contribution in [-0.2, 0) is 16.2 Å². The molecule has 1 aliphatic heterocycles. The molecule has 0 aromatic heterocycles. The fourth-order valence-electron chi connectivity index (χ4n) is 3.77. The van der Waals surface area contributed by atoms with Crippen molar-refractivity contribution in [3.63, 3.8) is 0 Å². The van der Waals surface area contributed by atoms with E-state index in [-0.39, 0.29) is 17.9 Å². The van der Waals surface area contributed by atoms with Crippen molar-refractivity contribution in [2.75, 3.05) is 18.1 Å². The normalized spacial score (nSPS) is 14.4. The summed E-state index contributed by atoms with van der Waals surface area (Å²) in [7, 11) is 0. The van der Waals surface area contributed by atoms with Gasteiger partial charge < -0.3 is 14.2 Å². The van der Waals surface area contributed by atoms with E-state index < -0.39 is 17.8 Å². The number of carbonyl (C=O) groups excluding carboxylic acids is 3. The standard InChI is InChI=1S/C28H23BrCl2N2O6/c1-3-37-24-13-16(12-22(29)25(24)38-4-2)11-21-26(34)32-28(36)33(27(21)35)19-7-9-20(10-8-19)39-15-17-5-6-18(30)14-23(17)31/h5-14H,3-4,15H2,1-2H3,(H,32,34,36)/b21-11+. The molecule has 0 aliphatic carbocycles. The van der Waals surface area contributed by atoms with E-state index >= 15 is 0 Å². The van der Waals surface area contributed by atoms with Crippen LogP contribution in [0, 0.1) is 0 Å². The lowest BCUT2D eigenvalue weighted by Gasteiger charge is -2.26. The Labute approximate surface area is 243 Å². The number of barbiturate groups is 1. The van der Waals surface area contributed by atoms with Crippen LogP contribution in [-0.4, -0.2) is 31.1 Å². The quantitative estimate of drug-likeness (QED) is 0.206. The molecule has 3 aromatic rings. The molecule has 0 radical (unpaired) electrons. The number of benzene rings is 3. The van der Waals surface area contributed by atoms with Crippen LogP contribution in [0.5, 0.6) is 17.2 Å². The number of imide groups is 2. The Bertz CT molecular complexity index is 1460. The summed E-state index contributed by atoms with van der Waals surface area (Å²) in [5.74, 6) is -0.118. The molecule has 4 amide bonds. The lowest BCUT2D eigenvalue weighted by atomic mass is 10.1. The molecule has 0 bridgehead atoms. The molecule has 8 nitrogen and oxygen atoms in total. The van der Waals surface area contributed by atoms with Crippen molar-refractivity contribution >= 4 is 68.7 Å². The van der Waals surface area contributed by atoms with Crippen LogP contribution in [0.2, 0.25) is 10.0 Å². The summed E-state index contributed by atoms with van der Waals surface area (Å²) in [6.45, 7) is 4.69. The number of anilines is 1. The van der Waals surface area contributed by atoms with Gasteiger partial charge in [-0.2, -0.15) is 0 Å². The van der Waals surface area contributed by atoms with Crippen molar-refractivity contribution in [2.45, 2.75) is 20.5 Å². The fraction of sp³-hybridized carbons (Fsp3) is 0.179. The first-order chi connectivity index (χ1) is 18.7. The van der Waals surface area contributed by atoms with Gasteiger partial charge in [0.1, 0.15) is 17.9 Å². The van der Waals surface area contributed by atoms with E-state index in [0.717, 1.165) is 10.5 Å². The summed E-state index contributed by atoms with van der Waals surface area (Å²) in [6.07, 6.45) is 1.40. The maximum atomic E-state index is 13.3. The van der Waals surface area contributed by atoms with Crippen molar-refractivity contribution < 1.29 is 28.6 Å². The van der Waals surface area contributed by atoms with Crippen LogP contribution in [0.25, 0.3) is 6.08 Å². The van der Waals surface area contributed by atoms with Gasteiger partial charge in [-0.3, -0.25) is 14.9 Å². The summed E-state index contributed by atoms with van der Waals surface area (Å²) in [6, 6.07) is 13.9. The predicted molar refractivity (Wildman–Crippen MR) is 153 cm³/mol. The lowest BCUT2D eigenvalue weighted by molar-refractivity contribution is -0.122. The van der Waals surface area contributed by atoms with Crippen molar-refractivity contribution in [1.82, 2.24) is 5.32 Å². The molecule has 3 aromatic carbocycles. The molecule has 39 heavy (non-hydrogen) atoms. The monoisotopic (exact) mass is 632 g/mol.